The number of carbonyl (C=O) groups is 2. The molecule has 2 heterocycles. The molecule has 0 N–H and O–H groups in total. The number of imide groups is 1. The van der Waals surface area contributed by atoms with Gasteiger partial charge in [0.1, 0.15) is 5.75 Å². The van der Waals surface area contributed by atoms with Gasteiger partial charge in [-0.25, -0.2) is 4.90 Å². The second-order valence-corrected chi connectivity index (χ2v) is 7.20. The van der Waals surface area contributed by atoms with E-state index in [0.717, 1.165) is 44.5 Å². The highest BCUT2D eigenvalue weighted by Crippen LogP contribution is 2.29. The first-order chi connectivity index (χ1) is 12.1. The predicted octanol–water partition coefficient (Wildman–Crippen LogP) is 3.23. The molecular weight excluding hydrogens is 316 g/mol. The van der Waals surface area contributed by atoms with Gasteiger partial charge in [-0.2, -0.15) is 0 Å². The number of hydrogen-bond acceptors (Lipinski definition) is 4. The normalized spacial score (nSPS) is 22.6. The number of amides is 2. The Morgan fingerprint density at radius 1 is 1.12 bits per heavy atom. The van der Waals surface area contributed by atoms with Gasteiger partial charge in [-0.3, -0.25) is 14.5 Å². The maximum Gasteiger partial charge on any atom is 0.251 e. The highest BCUT2D eigenvalue weighted by atomic mass is 16.5. The second-order valence-electron chi connectivity index (χ2n) is 7.20. The van der Waals surface area contributed by atoms with Gasteiger partial charge in [0.2, 0.25) is 5.91 Å². The Hall–Kier alpha value is -1.88. The number of ether oxygens (including phenoxy) is 1. The van der Waals surface area contributed by atoms with E-state index < -0.39 is 0 Å². The molecule has 0 aliphatic carbocycles. The Morgan fingerprint density at radius 2 is 1.80 bits per heavy atom. The van der Waals surface area contributed by atoms with Gasteiger partial charge in [0.15, 0.2) is 0 Å². The lowest BCUT2D eigenvalue weighted by Gasteiger charge is -2.33. The van der Waals surface area contributed by atoms with Gasteiger partial charge in [0.05, 0.1) is 24.8 Å². The standard InChI is InChI=1S/C20H28N2O3/c1-3-4-13-25-17-7-5-16(6-8-17)22-19(23)14-18(20(22)24)21-11-9-15(2)10-12-21/h5-8,15,18H,3-4,9-14H2,1-2H3/t18-/m0/s1. The minimum Gasteiger partial charge on any atom is -0.494 e. The molecule has 1 aromatic carbocycles. The SMILES string of the molecule is CCCCOc1ccc(N2C(=O)C[C@H](N3CCC(C)CC3)C2=O)cc1. The van der Waals surface area contributed by atoms with Crippen molar-refractivity contribution in [3.8, 4) is 5.75 Å². The maximum absolute atomic E-state index is 12.8. The van der Waals surface area contributed by atoms with Crippen LogP contribution in [0.5, 0.6) is 5.75 Å². The van der Waals surface area contributed by atoms with Crippen LogP contribution < -0.4 is 9.64 Å². The number of nitrogens with zero attached hydrogens (tertiary/aromatic N) is 2. The van der Waals surface area contributed by atoms with Crippen molar-refractivity contribution in [1.82, 2.24) is 4.90 Å². The summed E-state index contributed by atoms with van der Waals surface area (Å²) >= 11 is 0. The van der Waals surface area contributed by atoms with E-state index in [1.165, 1.54) is 4.90 Å². The largest absolute Gasteiger partial charge is 0.494 e. The fourth-order valence-electron chi connectivity index (χ4n) is 3.54. The summed E-state index contributed by atoms with van der Waals surface area (Å²) in [5.74, 6) is 1.30. The monoisotopic (exact) mass is 344 g/mol. The molecule has 136 valence electrons. The molecule has 0 saturated carbocycles. The quantitative estimate of drug-likeness (QED) is 0.587. The Labute approximate surface area is 149 Å². The first-order valence-corrected chi connectivity index (χ1v) is 9.44. The number of unbranched alkanes of at least 4 members (excludes halogenated alkanes) is 1. The van der Waals surface area contributed by atoms with Gasteiger partial charge in [-0.05, 0) is 62.5 Å². The smallest absolute Gasteiger partial charge is 0.251 e. The maximum atomic E-state index is 12.8. The molecule has 0 bridgehead atoms. The molecule has 5 nitrogen and oxygen atoms in total. The molecule has 1 atom stereocenters. The molecule has 3 rings (SSSR count). The number of benzene rings is 1. The summed E-state index contributed by atoms with van der Waals surface area (Å²) in [4.78, 5) is 28.8. The van der Waals surface area contributed by atoms with E-state index in [9.17, 15) is 9.59 Å². The van der Waals surface area contributed by atoms with Crippen molar-refractivity contribution in [3.63, 3.8) is 0 Å². The van der Waals surface area contributed by atoms with Gasteiger partial charge < -0.3 is 4.74 Å². The Balaban J connectivity index is 1.66. The molecule has 5 heteroatoms. The third kappa shape index (κ3) is 4.03. The summed E-state index contributed by atoms with van der Waals surface area (Å²) in [6.45, 7) is 6.87. The molecule has 0 aromatic heterocycles. The topological polar surface area (TPSA) is 49.9 Å². The highest BCUT2D eigenvalue weighted by Gasteiger charge is 2.43. The van der Waals surface area contributed by atoms with Crippen LogP contribution in [-0.2, 0) is 9.59 Å². The number of likely N-dealkylation sites (tertiary alicyclic amines) is 1. The molecule has 1 aromatic rings. The van der Waals surface area contributed by atoms with Crippen molar-refractivity contribution in [3.05, 3.63) is 24.3 Å². The Kier molecular flexibility index (Phi) is 5.74. The first kappa shape index (κ1) is 17.9. The number of anilines is 1. The van der Waals surface area contributed by atoms with Gasteiger partial charge >= 0.3 is 0 Å². The first-order valence-electron chi connectivity index (χ1n) is 9.44. The molecule has 0 spiro atoms. The van der Waals surface area contributed by atoms with Gasteiger partial charge in [0, 0.05) is 0 Å². The van der Waals surface area contributed by atoms with E-state index in [1.54, 1.807) is 12.1 Å². The van der Waals surface area contributed by atoms with E-state index in [4.69, 9.17) is 4.74 Å². The van der Waals surface area contributed by atoms with Crippen LogP contribution in [0.15, 0.2) is 24.3 Å². The fourth-order valence-corrected chi connectivity index (χ4v) is 3.54. The molecular formula is C20H28N2O3. The van der Waals surface area contributed by atoms with Crippen LogP contribution in [0.4, 0.5) is 5.69 Å². The molecule has 0 unspecified atom stereocenters. The van der Waals surface area contributed by atoms with E-state index in [0.29, 0.717) is 24.6 Å². The summed E-state index contributed by atoms with van der Waals surface area (Å²) in [7, 11) is 0. The Bertz CT molecular complexity index is 606. The van der Waals surface area contributed by atoms with Crippen LogP contribution in [0.3, 0.4) is 0 Å². The van der Waals surface area contributed by atoms with Crippen LogP contribution in [0.1, 0.15) is 46.0 Å². The molecule has 2 saturated heterocycles. The van der Waals surface area contributed by atoms with Crippen molar-refractivity contribution in [2.24, 2.45) is 5.92 Å². The van der Waals surface area contributed by atoms with Crippen molar-refractivity contribution in [1.29, 1.82) is 0 Å². The lowest BCUT2D eigenvalue weighted by atomic mass is 9.97. The molecule has 2 amide bonds. The Morgan fingerprint density at radius 3 is 2.44 bits per heavy atom. The van der Waals surface area contributed by atoms with Crippen LogP contribution >= 0.6 is 0 Å². The van der Waals surface area contributed by atoms with Crippen molar-refractivity contribution in [2.75, 3.05) is 24.6 Å². The zero-order valence-corrected chi connectivity index (χ0v) is 15.2. The molecule has 0 radical (unpaired) electrons. The number of carbonyl (C=O) groups excluding carboxylic acids is 2. The summed E-state index contributed by atoms with van der Waals surface area (Å²) < 4.78 is 5.65. The summed E-state index contributed by atoms with van der Waals surface area (Å²) in [6, 6.07) is 6.98. The lowest BCUT2D eigenvalue weighted by molar-refractivity contribution is -0.123. The van der Waals surface area contributed by atoms with Crippen LogP contribution in [0, 0.1) is 5.92 Å². The van der Waals surface area contributed by atoms with Crippen LogP contribution in [0.25, 0.3) is 0 Å². The summed E-state index contributed by atoms with van der Waals surface area (Å²) in [6.07, 6.45) is 4.60. The average Bonchev–Trinajstić information content (AvgIpc) is 2.91. The zero-order chi connectivity index (χ0) is 17.8. The summed E-state index contributed by atoms with van der Waals surface area (Å²) in [5.41, 5.74) is 0.644. The number of piperidine rings is 1. The molecule has 2 aliphatic rings. The summed E-state index contributed by atoms with van der Waals surface area (Å²) in [5, 5.41) is 0. The van der Waals surface area contributed by atoms with Gasteiger partial charge in [0.25, 0.3) is 5.91 Å². The van der Waals surface area contributed by atoms with Gasteiger partial charge in [-0.1, -0.05) is 20.3 Å². The molecule has 25 heavy (non-hydrogen) atoms. The van der Waals surface area contributed by atoms with Crippen molar-refractivity contribution >= 4 is 17.5 Å². The predicted molar refractivity (Wildman–Crippen MR) is 97.7 cm³/mol. The highest BCUT2D eigenvalue weighted by molar-refractivity contribution is 6.22. The van der Waals surface area contributed by atoms with Gasteiger partial charge in [-0.15, -0.1) is 0 Å². The fraction of sp³-hybridized carbons (Fsp3) is 0.600. The zero-order valence-electron chi connectivity index (χ0n) is 15.2. The third-order valence-electron chi connectivity index (χ3n) is 5.24. The molecule has 2 aliphatic heterocycles. The second kappa shape index (κ2) is 8.00. The number of hydrogen-bond donors (Lipinski definition) is 0. The minimum atomic E-state index is -0.291. The molecule has 2 fully saturated rings. The van der Waals surface area contributed by atoms with Crippen molar-refractivity contribution < 1.29 is 14.3 Å². The van der Waals surface area contributed by atoms with E-state index in [-0.39, 0.29) is 17.9 Å². The van der Waals surface area contributed by atoms with Crippen LogP contribution in [-0.4, -0.2) is 42.5 Å². The average molecular weight is 344 g/mol. The number of rotatable bonds is 6. The van der Waals surface area contributed by atoms with Crippen molar-refractivity contribution in [2.45, 2.75) is 52.0 Å². The third-order valence-corrected chi connectivity index (χ3v) is 5.24. The van der Waals surface area contributed by atoms with E-state index >= 15 is 0 Å². The lowest BCUT2D eigenvalue weighted by Crippen LogP contribution is -2.45. The minimum absolute atomic E-state index is 0.0841. The van der Waals surface area contributed by atoms with Crippen LogP contribution in [0.2, 0.25) is 0 Å². The van der Waals surface area contributed by atoms with E-state index in [2.05, 4.69) is 18.7 Å². The van der Waals surface area contributed by atoms with E-state index in [1.807, 2.05) is 12.1 Å².